The van der Waals surface area contributed by atoms with Gasteiger partial charge in [-0.3, -0.25) is 0 Å². The molecule has 1 nitrogen and oxygen atoms in total. The third-order valence-corrected chi connectivity index (χ3v) is 4.27. The number of halogens is 4. The van der Waals surface area contributed by atoms with Gasteiger partial charge in [-0.05, 0) is 59.7 Å². The molecule has 0 bridgehead atoms. The molecule has 0 fully saturated rings. The van der Waals surface area contributed by atoms with Crippen LogP contribution in [-0.2, 0) is 12.8 Å². The minimum Gasteiger partial charge on any atom is -0.206 e. The fourth-order valence-corrected chi connectivity index (χ4v) is 3.02. The Balaban J connectivity index is 2.15. The fourth-order valence-electron chi connectivity index (χ4n) is 3.02. The van der Waals surface area contributed by atoms with Crippen LogP contribution in [0.25, 0.3) is 11.6 Å². The number of fused-ring (bicyclic) bond motifs is 1. The Morgan fingerprint density at radius 1 is 1.00 bits per heavy atom. The van der Waals surface area contributed by atoms with Gasteiger partial charge in [0.1, 0.15) is 34.9 Å². The number of allylic oxidation sites excluding steroid dienone is 1. The second-order valence-electron chi connectivity index (χ2n) is 5.68. The zero-order chi connectivity index (χ0) is 17.4. The van der Waals surface area contributed by atoms with Crippen molar-refractivity contribution in [1.29, 1.82) is 5.26 Å². The average Bonchev–Trinajstić information content (AvgIpc) is 2.54. The molecule has 1 aliphatic carbocycles. The van der Waals surface area contributed by atoms with Crippen molar-refractivity contribution in [2.75, 3.05) is 0 Å². The SMILES string of the molecule is CCc1cc(F)c(C2=Cc3cc(F)c(C#N)c(F)c3CC2)c(F)c1. The molecule has 0 saturated carbocycles. The second-order valence-corrected chi connectivity index (χ2v) is 5.68. The van der Waals surface area contributed by atoms with Gasteiger partial charge in [0, 0.05) is 5.56 Å². The van der Waals surface area contributed by atoms with Gasteiger partial charge in [-0.25, -0.2) is 17.6 Å². The molecule has 2 aromatic rings. The van der Waals surface area contributed by atoms with Crippen LogP contribution < -0.4 is 0 Å². The lowest BCUT2D eigenvalue weighted by Crippen LogP contribution is -2.08. The van der Waals surface area contributed by atoms with Crippen LogP contribution in [0.15, 0.2) is 18.2 Å². The first-order chi connectivity index (χ1) is 11.5. The van der Waals surface area contributed by atoms with Crippen LogP contribution in [0.5, 0.6) is 0 Å². The molecule has 2 aromatic carbocycles. The van der Waals surface area contributed by atoms with Crippen molar-refractivity contribution >= 4 is 11.6 Å². The number of aryl methyl sites for hydroxylation is 1. The predicted molar refractivity (Wildman–Crippen MR) is 83.0 cm³/mol. The van der Waals surface area contributed by atoms with E-state index in [1.54, 1.807) is 6.92 Å². The Hall–Kier alpha value is -2.61. The van der Waals surface area contributed by atoms with E-state index in [-0.39, 0.29) is 29.5 Å². The topological polar surface area (TPSA) is 23.8 Å². The van der Waals surface area contributed by atoms with Crippen molar-refractivity contribution in [2.24, 2.45) is 0 Å². The molecule has 0 spiro atoms. The van der Waals surface area contributed by atoms with Crippen LogP contribution >= 0.6 is 0 Å². The minimum atomic E-state index is -0.978. The molecule has 0 heterocycles. The van der Waals surface area contributed by atoms with E-state index in [0.717, 1.165) is 6.07 Å². The van der Waals surface area contributed by atoms with E-state index in [2.05, 4.69) is 0 Å². The van der Waals surface area contributed by atoms with Crippen LogP contribution in [0.1, 0.15) is 41.2 Å². The Kier molecular flexibility index (Phi) is 4.15. The molecule has 0 saturated heterocycles. The summed E-state index contributed by atoms with van der Waals surface area (Å²) in [7, 11) is 0. The molecule has 1 aliphatic rings. The lowest BCUT2D eigenvalue weighted by molar-refractivity contribution is 0.562. The number of hydrogen-bond acceptors (Lipinski definition) is 1. The molecular weight excluding hydrogens is 318 g/mol. The average molecular weight is 331 g/mol. The largest absolute Gasteiger partial charge is 0.206 e. The van der Waals surface area contributed by atoms with E-state index in [4.69, 9.17) is 5.26 Å². The summed E-state index contributed by atoms with van der Waals surface area (Å²) in [6, 6.07) is 5.08. The number of rotatable bonds is 2. The Morgan fingerprint density at radius 2 is 1.67 bits per heavy atom. The first kappa shape index (κ1) is 16.3. The van der Waals surface area contributed by atoms with Crippen LogP contribution in [0.4, 0.5) is 17.6 Å². The van der Waals surface area contributed by atoms with Crippen molar-refractivity contribution in [1.82, 2.24) is 0 Å². The lowest BCUT2D eigenvalue weighted by atomic mass is 9.86. The third-order valence-electron chi connectivity index (χ3n) is 4.27. The molecule has 5 heteroatoms. The summed E-state index contributed by atoms with van der Waals surface area (Å²) in [5.41, 5.74) is 0.509. The standard InChI is InChI=1S/C19H13F4N/c1-2-10-5-16(21)18(17(22)6-10)11-3-4-13-12(7-11)8-15(20)14(9-24)19(13)23/h5-8H,2-4H2,1H3. The smallest absolute Gasteiger partial charge is 0.147 e. The maximum absolute atomic E-state index is 14.3. The highest BCUT2D eigenvalue weighted by Gasteiger charge is 2.24. The molecule has 0 radical (unpaired) electrons. The maximum Gasteiger partial charge on any atom is 0.147 e. The summed E-state index contributed by atoms with van der Waals surface area (Å²) >= 11 is 0. The van der Waals surface area contributed by atoms with Gasteiger partial charge in [-0.15, -0.1) is 0 Å². The Morgan fingerprint density at radius 3 is 2.25 bits per heavy atom. The van der Waals surface area contributed by atoms with Crippen molar-refractivity contribution in [2.45, 2.75) is 26.2 Å². The zero-order valence-electron chi connectivity index (χ0n) is 12.9. The Bertz CT molecular complexity index is 884. The predicted octanol–water partition coefficient (Wildman–Crippen LogP) is 5.16. The van der Waals surface area contributed by atoms with Gasteiger partial charge in [0.15, 0.2) is 0 Å². The van der Waals surface area contributed by atoms with Crippen molar-refractivity contribution in [3.63, 3.8) is 0 Å². The van der Waals surface area contributed by atoms with Crippen LogP contribution in [0, 0.1) is 34.6 Å². The molecule has 0 aromatic heterocycles. The molecule has 0 unspecified atom stereocenters. The van der Waals surface area contributed by atoms with Crippen molar-refractivity contribution < 1.29 is 17.6 Å². The van der Waals surface area contributed by atoms with E-state index in [0.29, 0.717) is 17.6 Å². The number of nitriles is 1. The van der Waals surface area contributed by atoms with Crippen LogP contribution in [0.2, 0.25) is 0 Å². The third kappa shape index (κ3) is 2.58. The van der Waals surface area contributed by atoms with Crippen LogP contribution in [-0.4, -0.2) is 0 Å². The van der Waals surface area contributed by atoms with Crippen molar-refractivity contribution in [3.05, 3.63) is 69.3 Å². The van der Waals surface area contributed by atoms with E-state index in [1.807, 2.05) is 0 Å². The quantitative estimate of drug-likeness (QED) is 0.697. The van der Waals surface area contributed by atoms with E-state index in [9.17, 15) is 17.6 Å². The van der Waals surface area contributed by atoms with E-state index in [1.165, 1.54) is 24.3 Å². The highest BCUT2D eigenvalue weighted by atomic mass is 19.1. The molecule has 0 amide bonds. The first-order valence-corrected chi connectivity index (χ1v) is 7.56. The summed E-state index contributed by atoms with van der Waals surface area (Å²) in [5, 5.41) is 8.81. The number of nitrogens with zero attached hydrogens (tertiary/aromatic N) is 1. The van der Waals surface area contributed by atoms with Gasteiger partial charge in [0.05, 0.1) is 0 Å². The lowest BCUT2D eigenvalue weighted by Gasteiger charge is -2.19. The molecular formula is C19H13F4N. The Labute approximate surface area is 136 Å². The van der Waals surface area contributed by atoms with E-state index < -0.39 is 28.8 Å². The summed E-state index contributed by atoms with van der Waals surface area (Å²) in [6.07, 6.45) is 2.25. The van der Waals surface area contributed by atoms with Gasteiger partial charge >= 0.3 is 0 Å². The van der Waals surface area contributed by atoms with Gasteiger partial charge in [0.25, 0.3) is 0 Å². The second kappa shape index (κ2) is 6.12. The fraction of sp³-hybridized carbons (Fsp3) is 0.211. The molecule has 24 heavy (non-hydrogen) atoms. The molecule has 0 aliphatic heterocycles. The summed E-state index contributed by atoms with van der Waals surface area (Å²) in [6.45, 7) is 1.79. The van der Waals surface area contributed by atoms with Gasteiger partial charge < -0.3 is 0 Å². The summed E-state index contributed by atoms with van der Waals surface area (Å²) < 4.78 is 56.5. The van der Waals surface area contributed by atoms with E-state index >= 15 is 0 Å². The van der Waals surface area contributed by atoms with Crippen LogP contribution in [0.3, 0.4) is 0 Å². The minimum absolute atomic E-state index is 0.149. The molecule has 122 valence electrons. The van der Waals surface area contributed by atoms with Crippen molar-refractivity contribution in [3.8, 4) is 6.07 Å². The number of hydrogen-bond donors (Lipinski definition) is 0. The van der Waals surface area contributed by atoms with Gasteiger partial charge in [-0.1, -0.05) is 13.0 Å². The van der Waals surface area contributed by atoms with Gasteiger partial charge in [0.2, 0.25) is 0 Å². The molecule has 3 rings (SSSR count). The highest BCUT2D eigenvalue weighted by molar-refractivity contribution is 5.85. The van der Waals surface area contributed by atoms with Gasteiger partial charge in [-0.2, -0.15) is 5.26 Å². The zero-order valence-corrected chi connectivity index (χ0v) is 12.9. The maximum atomic E-state index is 14.3. The monoisotopic (exact) mass is 331 g/mol. The normalized spacial score (nSPS) is 13.2. The highest BCUT2D eigenvalue weighted by Crippen LogP contribution is 2.35. The number of benzene rings is 2. The molecule has 0 N–H and O–H groups in total. The summed E-state index contributed by atoms with van der Waals surface area (Å²) in [4.78, 5) is 0. The summed E-state index contributed by atoms with van der Waals surface area (Å²) in [5.74, 6) is -3.24. The first-order valence-electron chi connectivity index (χ1n) is 7.56. The molecule has 0 atom stereocenters.